The Bertz CT molecular complexity index is 784. The molecule has 6 nitrogen and oxygen atoms in total. The summed E-state index contributed by atoms with van der Waals surface area (Å²) in [6.45, 7) is 7.86. The van der Waals surface area contributed by atoms with Gasteiger partial charge in [-0.05, 0) is 37.6 Å². The van der Waals surface area contributed by atoms with Crippen molar-refractivity contribution in [1.82, 2.24) is 15.5 Å². The molecule has 2 aromatic rings. The Morgan fingerprint density at radius 2 is 1.52 bits per heavy atom. The molecule has 0 spiro atoms. The predicted octanol–water partition coefficient (Wildman–Crippen LogP) is 1.94. The van der Waals surface area contributed by atoms with Crippen molar-refractivity contribution >= 4 is 17.5 Å². The summed E-state index contributed by atoms with van der Waals surface area (Å²) in [4.78, 5) is 28.6. The van der Waals surface area contributed by atoms with Gasteiger partial charge in [0.05, 0.1) is 0 Å². The van der Waals surface area contributed by atoms with Crippen molar-refractivity contribution in [2.75, 3.05) is 44.2 Å². The first-order valence-electron chi connectivity index (χ1n) is 10.3. The summed E-state index contributed by atoms with van der Waals surface area (Å²) in [5.41, 5.74) is 3.42. The Hall–Kier alpha value is -2.86. The number of benzene rings is 2. The predicted molar refractivity (Wildman–Crippen MR) is 116 cm³/mol. The fraction of sp³-hybridized carbons (Fsp3) is 0.391. The monoisotopic (exact) mass is 394 g/mol. The van der Waals surface area contributed by atoms with E-state index in [1.165, 1.54) is 11.3 Å². The average Bonchev–Trinajstić information content (AvgIpc) is 2.77. The normalized spacial score (nSPS) is 14.4. The van der Waals surface area contributed by atoms with E-state index >= 15 is 0 Å². The second kappa shape index (κ2) is 10.6. The zero-order valence-electron chi connectivity index (χ0n) is 17.1. The highest BCUT2D eigenvalue weighted by Crippen LogP contribution is 2.15. The molecule has 1 aliphatic rings. The number of aryl methyl sites for hydroxylation is 1. The first kappa shape index (κ1) is 20.9. The van der Waals surface area contributed by atoms with E-state index in [4.69, 9.17) is 0 Å². The summed E-state index contributed by atoms with van der Waals surface area (Å²) >= 11 is 0. The van der Waals surface area contributed by atoms with Gasteiger partial charge in [0.15, 0.2) is 0 Å². The lowest BCUT2D eigenvalue weighted by Gasteiger charge is -2.36. The summed E-state index contributed by atoms with van der Waals surface area (Å²) in [6, 6.07) is 18.3. The molecule has 1 fully saturated rings. The Kier molecular flexibility index (Phi) is 7.64. The van der Waals surface area contributed by atoms with E-state index in [1.54, 1.807) is 0 Å². The second-order valence-corrected chi connectivity index (χ2v) is 7.44. The molecule has 29 heavy (non-hydrogen) atoms. The molecule has 2 amide bonds. The molecule has 0 aliphatic carbocycles. The average molecular weight is 395 g/mol. The number of nitrogens with one attached hydrogen (secondary N) is 2. The number of carbonyl (C=O) groups is 2. The number of anilines is 1. The second-order valence-electron chi connectivity index (χ2n) is 7.44. The largest absolute Gasteiger partial charge is 0.369 e. The molecular formula is C23H30N4O2. The van der Waals surface area contributed by atoms with Crippen LogP contribution in [0.1, 0.15) is 17.5 Å². The number of amides is 2. The number of para-hydroxylation sites is 1. The lowest BCUT2D eigenvalue weighted by molar-refractivity contribution is -0.139. The van der Waals surface area contributed by atoms with Gasteiger partial charge in [-0.3, -0.25) is 14.5 Å². The highest BCUT2D eigenvalue weighted by atomic mass is 16.2. The van der Waals surface area contributed by atoms with Crippen LogP contribution in [0.25, 0.3) is 0 Å². The van der Waals surface area contributed by atoms with Crippen LogP contribution in [-0.4, -0.2) is 56.0 Å². The van der Waals surface area contributed by atoms with Gasteiger partial charge in [0.1, 0.15) is 0 Å². The van der Waals surface area contributed by atoms with Crippen molar-refractivity contribution in [1.29, 1.82) is 0 Å². The van der Waals surface area contributed by atoms with Crippen LogP contribution in [0.4, 0.5) is 5.69 Å². The van der Waals surface area contributed by atoms with E-state index in [-0.39, 0.29) is 0 Å². The molecule has 0 saturated carbocycles. The van der Waals surface area contributed by atoms with Gasteiger partial charge in [0, 0.05) is 45.0 Å². The molecule has 1 saturated heterocycles. The van der Waals surface area contributed by atoms with Crippen molar-refractivity contribution < 1.29 is 9.59 Å². The highest BCUT2D eigenvalue weighted by Gasteiger charge is 2.17. The van der Waals surface area contributed by atoms with Crippen LogP contribution in [0, 0.1) is 6.92 Å². The van der Waals surface area contributed by atoms with Gasteiger partial charge in [-0.15, -0.1) is 0 Å². The Balaban J connectivity index is 1.28. The summed E-state index contributed by atoms with van der Waals surface area (Å²) in [6.07, 6.45) is 0.836. The zero-order chi connectivity index (χ0) is 20.5. The third kappa shape index (κ3) is 6.61. The van der Waals surface area contributed by atoms with Crippen LogP contribution < -0.4 is 15.5 Å². The lowest BCUT2D eigenvalue weighted by atomic mass is 10.1. The number of hydrogen-bond donors (Lipinski definition) is 2. The fourth-order valence-electron chi connectivity index (χ4n) is 3.42. The van der Waals surface area contributed by atoms with Crippen molar-refractivity contribution in [3.8, 4) is 0 Å². The van der Waals surface area contributed by atoms with Crippen molar-refractivity contribution in [3.63, 3.8) is 0 Å². The lowest BCUT2D eigenvalue weighted by Crippen LogP contribution is -2.47. The topological polar surface area (TPSA) is 64.7 Å². The summed E-state index contributed by atoms with van der Waals surface area (Å²) in [5.74, 6) is -1.15. The highest BCUT2D eigenvalue weighted by molar-refractivity contribution is 6.35. The number of rotatable bonds is 7. The molecule has 2 aromatic carbocycles. The third-order valence-corrected chi connectivity index (χ3v) is 5.21. The molecule has 0 radical (unpaired) electrons. The number of piperazine rings is 1. The van der Waals surface area contributed by atoms with Gasteiger partial charge in [0.25, 0.3) is 0 Å². The smallest absolute Gasteiger partial charge is 0.309 e. The van der Waals surface area contributed by atoms with Crippen LogP contribution >= 0.6 is 0 Å². The summed E-state index contributed by atoms with van der Waals surface area (Å²) < 4.78 is 0. The fourth-order valence-corrected chi connectivity index (χ4v) is 3.42. The quantitative estimate of drug-likeness (QED) is 0.557. The van der Waals surface area contributed by atoms with E-state index in [1.807, 2.05) is 37.3 Å². The van der Waals surface area contributed by atoms with Crippen molar-refractivity contribution in [3.05, 3.63) is 65.7 Å². The zero-order valence-corrected chi connectivity index (χ0v) is 17.1. The van der Waals surface area contributed by atoms with Gasteiger partial charge in [-0.2, -0.15) is 0 Å². The van der Waals surface area contributed by atoms with Crippen LogP contribution in [0.15, 0.2) is 54.6 Å². The molecule has 1 aliphatic heterocycles. The standard InChI is InChI=1S/C23H30N4O2/c1-19-8-10-20(11-9-19)18-25-23(29)22(28)24-12-5-13-26-14-16-27(17-15-26)21-6-3-2-4-7-21/h2-4,6-11H,5,12-18H2,1H3,(H,24,28)(H,25,29). The maximum atomic E-state index is 11.9. The van der Waals surface area contributed by atoms with Crippen molar-refractivity contribution in [2.45, 2.75) is 19.9 Å². The molecule has 154 valence electrons. The number of nitrogens with zero attached hydrogens (tertiary/aromatic N) is 2. The van der Waals surface area contributed by atoms with E-state index in [2.05, 4.69) is 44.7 Å². The molecule has 0 bridgehead atoms. The van der Waals surface area contributed by atoms with Crippen LogP contribution in [-0.2, 0) is 16.1 Å². The van der Waals surface area contributed by atoms with Crippen LogP contribution in [0.5, 0.6) is 0 Å². The molecule has 1 heterocycles. The summed E-state index contributed by atoms with van der Waals surface area (Å²) in [7, 11) is 0. The van der Waals surface area contributed by atoms with Gasteiger partial charge in [-0.25, -0.2) is 0 Å². The van der Waals surface area contributed by atoms with E-state index in [0.717, 1.165) is 44.7 Å². The Labute approximate surface area is 172 Å². The molecular weight excluding hydrogens is 364 g/mol. The minimum Gasteiger partial charge on any atom is -0.369 e. The maximum Gasteiger partial charge on any atom is 0.309 e. The SMILES string of the molecule is Cc1ccc(CNC(=O)C(=O)NCCCN2CCN(c3ccccc3)CC2)cc1. The molecule has 3 rings (SSSR count). The third-order valence-electron chi connectivity index (χ3n) is 5.21. The van der Waals surface area contributed by atoms with Crippen LogP contribution in [0.2, 0.25) is 0 Å². The molecule has 6 heteroatoms. The number of hydrogen-bond acceptors (Lipinski definition) is 4. The van der Waals surface area contributed by atoms with E-state index in [9.17, 15) is 9.59 Å². The Morgan fingerprint density at radius 1 is 0.862 bits per heavy atom. The van der Waals surface area contributed by atoms with Gasteiger partial charge < -0.3 is 15.5 Å². The molecule has 0 atom stereocenters. The molecule has 0 aromatic heterocycles. The summed E-state index contributed by atoms with van der Waals surface area (Å²) in [5, 5.41) is 5.38. The van der Waals surface area contributed by atoms with Gasteiger partial charge in [-0.1, -0.05) is 48.0 Å². The van der Waals surface area contributed by atoms with Crippen molar-refractivity contribution in [2.24, 2.45) is 0 Å². The molecule has 0 unspecified atom stereocenters. The van der Waals surface area contributed by atoms with Gasteiger partial charge >= 0.3 is 11.8 Å². The first-order valence-corrected chi connectivity index (χ1v) is 10.3. The minimum absolute atomic E-state index is 0.359. The maximum absolute atomic E-state index is 11.9. The van der Waals surface area contributed by atoms with E-state index < -0.39 is 11.8 Å². The molecule has 2 N–H and O–H groups in total. The Morgan fingerprint density at radius 3 is 2.21 bits per heavy atom. The number of carbonyl (C=O) groups excluding carboxylic acids is 2. The minimum atomic E-state index is -0.581. The first-order chi connectivity index (χ1) is 14.1. The van der Waals surface area contributed by atoms with Crippen LogP contribution in [0.3, 0.4) is 0 Å². The van der Waals surface area contributed by atoms with Gasteiger partial charge in [0.2, 0.25) is 0 Å². The van der Waals surface area contributed by atoms with E-state index in [0.29, 0.717) is 13.1 Å².